The van der Waals surface area contributed by atoms with Gasteiger partial charge in [-0.15, -0.1) is 0 Å². The number of nitrogens with two attached hydrogens (primary N) is 1. The molecule has 2 rings (SSSR count). The van der Waals surface area contributed by atoms with Gasteiger partial charge in [0.25, 0.3) is 0 Å². The second-order valence-corrected chi connectivity index (χ2v) is 5.80. The molecule has 2 fully saturated rings. The molecule has 0 radical (unpaired) electrons. The normalized spacial score (nSPS) is 25.5. The van der Waals surface area contributed by atoms with Crippen LogP contribution in [0.1, 0.15) is 33.1 Å². The van der Waals surface area contributed by atoms with Gasteiger partial charge in [0.15, 0.2) is 0 Å². The molecule has 1 amide bonds. The average Bonchev–Trinajstić information content (AvgIpc) is 3.04. The Morgan fingerprint density at radius 2 is 2.06 bits per heavy atom. The Morgan fingerprint density at radius 1 is 1.44 bits per heavy atom. The summed E-state index contributed by atoms with van der Waals surface area (Å²) in [5.41, 5.74) is 5.24. The van der Waals surface area contributed by atoms with Gasteiger partial charge in [-0.25, -0.2) is 0 Å². The summed E-state index contributed by atoms with van der Waals surface area (Å²) in [7, 11) is 0. The van der Waals surface area contributed by atoms with Crippen LogP contribution in [0, 0.1) is 5.41 Å². The SMILES string of the molecule is CCN(CC)C1CCN(C(=O)C2(C(N)=S)CC2)C1. The zero-order chi connectivity index (χ0) is 13.3. The Hall–Kier alpha value is -0.680. The molecule has 1 atom stereocenters. The van der Waals surface area contributed by atoms with E-state index in [-0.39, 0.29) is 5.91 Å². The Balaban J connectivity index is 1.97. The summed E-state index contributed by atoms with van der Waals surface area (Å²) < 4.78 is 0. The molecule has 1 saturated heterocycles. The summed E-state index contributed by atoms with van der Waals surface area (Å²) in [6.07, 6.45) is 2.75. The van der Waals surface area contributed by atoms with Crippen molar-refractivity contribution < 1.29 is 4.79 Å². The second-order valence-electron chi connectivity index (χ2n) is 5.36. The second kappa shape index (κ2) is 5.13. The lowest BCUT2D eigenvalue weighted by atomic mass is 10.1. The van der Waals surface area contributed by atoms with Gasteiger partial charge in [0.2, 0.25) is 5.91 Å². The van der Waals surface area contributed by atoms with E-state index in [2.05, 4.69) is 18.7 Å². The van der Waals surface area contributed by atoms with Gasteiger partial charge in [-0.3, -0.25) is 9.69 Å². The first-order chi connectivity index (χ1) is 8.55. The molecule has 1 aliphatic carbocycles. The summed E-state index contributed by atoms with van der Waals surface area (Å²) in [6.45, 7) is 8.12. The van der Waals surface area contributed by atoms with E-state index in [0.717, 1.165) is 45.4 Å². The van der Waals surface area contributed by atoms with Crippen LogP contribution in [-0.2, 0) is 4.79 Å². The first-order valence-electron chi connectivity index (χ1n) is 6.88. The standard InChI is InChI=1S/C13H23N3OS/c1-3-15(4-2)10-5-8-16(9-10)12(17)13(6-7-13)11(14)18/h10H,3-9H2,1-2H3,(H2,14,18). The van der Waals surface area contributed by atoms with Crippen LogP contribution >= 0.6 is 12.2 Å². The minimum atomic E-state index is -0.479. The predicted molar refractivity (Wildman–Crippen MR) is 76.4 cm³/mol. The summed E-state index contributed by atoms with van der Waals surface area (Å²) in [5.74, 6) is 0.171. The largest absolute Gasteiger partial charge is 0.392 e. The van der Waals surface area contributed by atoms with Crippen molar-refractivity contribution in [3.63, 3.8) is 0 Å². The number of thiocarbonyl (C=S) groups is 1. The van der Waals surface area contributed by atoms with E-state index in [4.69, 9.17) is 18.0 Å². The van der Waals surface area contributed by atoms with Crippen LogP contribution in [0.4, 0.5) is 0 Å². The van der Waals surface area contributed by atoms with Crippen molar-refractivity contribution >= 4 is 23.1 Å². The van der Waals surface area contributed by atoms with Gasteiger partial charge in [-0.05, 0) is 32.4 Å². The fraction of sp³-hybridized carbons (Fsp3) is 0.846. The molecule has 102 valence electrons. The Labute approximate surface area is 114 Å². The molecule has 0 aromatic rings. The average molecular weight is 269 g/mol. The number of hydrogen-bond donors (Lipinski definition) is 1. The summed E-state index contributed by atoms with van der Waals surface area (Å²) >= 11 is 5.05. The highest BCUT2D eigenvalue weighted by Crippen LogP contribution is 2.48. The highest BCUT2D eigenvalue weighted by atomic mass is 32.1. The zero-order valence-electron chi connectivity index (χ0n) is 11.3. The number of amides is 1. The molecule has 1 unspecified atom stereocenters. The third kappa shape index (κ3) is 2.26. The van der Waals surface area contributed by atoms with Crippen molar-refractivity contribution in [2.45, 2.75) is 39.2 Å². The van der Waals surface area contributed by atoms with Crippen molar-refractivity contribution in [3.8, 4) is 0 Å². The minimum Gasteiger partial charge on any atom is -0.392 e. The molecular formula is C13H23N3OS. The monoisotopic (exact) mass is 269 g/mol. The molecular weight excluding hydrogens is 246 g/mol. The van der Waals surface area contributed by atoms with Crippen molar-refractivity contribution in [2.24, 2.45) is 11.1 Å². The number of likely N-dealkylation sites (N-methyl/N-ethyl adjacent to an activating group) is 1. The smallest absolute Gasteiger partial charge is 0.235 e. The predicted octanol–water partition coefficient (Wildman–Crippen LogP) is 0.995. The first kappa shape index (κ1) is 13.7. The molecule has 2 N–H and O–H groups in total. The minimum absolute atomic E-state index is 0.171. The van der Waals surface area contributed by atoms with Crippen LogP contribution in [-0.4, -0.2) is 52.9 Å². The number of rotatable bonds is 5. The van der Waals surface area contributed by atoms with Gasteiger partial charge in [-0.1, -0.05) is 26.1 Å². The van der Waals surface area contributed by atoms with Crippen LogP contribution in [0.2, 0.25) is 0 Å². The van der Waals surface area contributed by atoms with Gasteiger partial charge in [-0.2, -0.15) is 0 Å². The summed E-state index contributed by atoms with van der Waals surface area (Å²) in [4.78, 5) is 17.2. The third-order valence-corrected chi connectivity index (χ3v) is 4.80. The maximum atomic E-state index is 12.5. The molecule has 4 nitrogen and oxygen atoms in total. The number of likely N-dealkylation sites (tertiary alicyclic amines) is 1. The van der Waals surface area contributed by atoms with Crippen LogP contribution in [0.25, 0.3) is 0 Å². The Bertz CT molecular complexity index is 350. The van der Waals surface area contributed by atoms with Crippen LogP contribution in [0.3, 0.4) is 0 Å². The number of nitrogens with zero attached hydrogens (tertiary/aromatic N) is 2. The molecule has 0 aromatic heterocycles. The molecule has 1 saturated carbocycles. The van der Waals surface area contributed by atoms with E-state index in [1.165, 1.54) is 0 Å². The molecule has 18 heavy (non-hydrogen) atoms. The van der Waals surface area contributed by atoms with E-state index < -0.39 is 5.41 Å². The fourth-order valence-electron chi connectivity index (χ4n) is 2.96. The first-order valence-corrected chi connectivity index (χ1v) is 7.29. The molecule has 0 spiro atoms. The molecule has 5 heteroatoms. The van der Waals surface area contributed by atoms with Gasteiger partial charge in [0, 0.05) is 19.1 Å². The van der Waals surface area contributed by atoms with Crippen molar-refractivity contribution in [1.29, 1.82) is 0 Å². The van der Waals surface area contributed by atoms with E-state index >= 15 is 0 Å². The maximum Gasteiger partial charge on any atom is 0.235 e. The van der Waals surface area contributed by atoms with Crippen molar-refractivity contribution in [3.05, 3.63) is 0 Å². The Kier molecular flexibility index (Phi) is 3.92. The molecule has 0 bridgehead atoms. The van der Waals surface area contributed by atoms with Gasteiger partial charge in [0.1, 0.15) is 0 Å². The summed E-state index contributed by atoms with van der Waals surface area (Å²) in [5, 5.41) is 0. The van der Waals surface area contributed by atoms with E-state index in [9.17, 15) is 4.79 Å². The Morgan fingerprint density at radius 3 is 2.50 bits per heavy atom. The molecule has 1 aliphatic heterocycles. The van der Waals surface area contributed by atoms with Crippen molar-refractivity contribution in [2.75, 3.05) is 26.2 Å². The lowest BCUT2D eigenvalue weighted by Gasteiger charge is -2.27. The number of carbonyl (C=O) groups excluding carboxylic acids is 1. The van der Waals surface area contributed by atoms with E-state index in [1.54, 1.807) is 0 Å². The molecule has 0 aromatic carbocycles. The molecule has 2 aliphatic rings. The van der Waals surface area contributed by atoms with Gasteiger partial charge >= 0.3 is 0 Å². The maximum absolute atomic E-state index is 12.5. The number of carbonyl (C=O) groups is 1. The fourth-order valence-corrected chi connectivity index (χ4v) is 3.25. The van der Waals surface area contributed by atoms with E-state index in [0.29, 0.717) is 11.0 Å². The van der Waals surface area contributed by atoms with Gasteiger partial charge < -0.3 is 10.6 Å². The zero-order valence-corrected chi connectivity index (χ0v) is 12.1. The van der Waals surface area contributed by atoms with Crippen molar-refractivity contribution in [1.82, 2.24) is 9.80 Å². The van der Waals surface area contributed by atoms with Gasteiger partial charge in [0.05, 0.1) is 10.4 Å². The summed E-state index contributed by atoms with van der Waals surface area (Å²) in [6, 6.07) is 0.506. The molecule has 1 heterocycles. The number of hydrogen-bond acceptors (Lipinski definition) is 3. The highest BCUT2D eigenvalue weighted by molar-refractivity contribution is 7.80. The third-order valence-electron chi connectivity index (χ3n) is 4.41. The van der Waals surface area contributed by atoms with E-state index in [1.807, 2.05) is 4.90 Å². The van der Waals surface area contributed by atoms with Crippen LogP contribution in [0.15, 0.2) is 0 Å². The van der Waals surface area contributed by atoms with Crippen LogP contribution < -0.4 is 5.73 Å². The lowest BCUT2D eigenvalue weighted by molar-refractivity contribution is -0.133. The topological polar surface area (TPSA) is 49.6 Å². The lowest BCUT2D eigenvalue weighted by Crippen LogP contribution is -2.44. The van der Waals surface area contributed by atoms with Crippen LogP contribution in [0.5, 0.6) is 0 Å². The quantitative estimate of drug-likeness (QED) is 0.756. The highest BCUT2D eigenvalue weighted by Gasteiger charge is 2.55.